The molecular formula is C9H15NO2S2. The van der Waals surface area contributed by atoms with Crippen molar-refractivity contribution in [3.8, 4) is 0 Å². The number of nitrogens with two attached hydrogens (primary N) is 1. The second-order valence-corrected chi connectivity index (χ2v) is 6.65. The maximum atomic E-state index is 11.6. The van der Waals surface area contributed by atoms with Crippen molar-refractivity contribution < 1.29 is 8.42 Å². The summed E-state index contributed by atoms with van der Waals surface area (Å²) in [5, 5.41) is 1.89. The largest absolute Gasteiger partial charge is 0.328 e. The highest BCUT2D eigenvalue weighted by Gasteiger charge is 2.13. The molecule has 0 fully saturated rings. The fourth-order valence-corrected chi connectivity index (χ4v) is 3.75. The van der Waals surface area contributed by atoms with Crippen molar-refractivity contribution in [2.75, 3.05) is 5.75 Å². The Hall–Kier alpha value is -0.390. The lowest BCUT2D eigenvalue weighted by molar-refractivity contribution is 0.587. The van der Waals surface area contributed by atoms with Gasteiger partial charge in [-0.25, -0.2) is 8.42 Å². The van der Waals surface area contributed by atoms with Crippen LogP contribution in [0.4, 0.5) is 0 Å². The Labute approximate surface area is 88.9 Å². The third-order valence-corrected chi connectivity index (χ3v) is 4.49. The average molecular weight is 233 g/mol. The van der Waals surface area contributed by atoms with Crippen LogP contribution in [-0.4, -0.2) is 20.2 Å². The van der Waals surface area contributed by atoms with Gasteiger partial charge < -0.3 is 5.73 Å². The maximum Gasteiger partial charge on any atom is 0.155 e. The summed E-state index contributed by atoms with van der Waals surface area (Å²) in [5.74, 6) is 0.333. The summed E-state index contributed by atoms with van der Waals surface area (Å²) in [4.78, 5) is 0.898. The summed E-state index contributed by atoms with van der Waals surface area (Å²) >= 11 is 1.47. The number of rotatable bonds is 5. The Bertz CT molecular complexity index is 354. The minimum Gasteiger partial charge on any atom is -0.328 e. The van der Waals surface area contributed by atoms with Crippen molar-refractivity contribution in [3.63, 3.8) is 0 Å². The molecule has 0 amide bonds. The van der Waals surface area contributed by atoms with Crippen LogP contribution in [0.15, 0.2) is 17.5 Å². The first-order valence-corrected chi connectivity index (χ1v) is 7.18. The molecule has 0 saturated heterocycles. The van der Waals surface area contributed by atoms with Crippen LogP contribution in [0.2, 0.25) is 0 Å². The predicted molar refractivity (Wildman–Crippen MR) is 60.1 cm³/mol. The number of thiophene rings is 1. The van der Waals surface area contributed by atoms with E-state index in [0.717, 1.165) is 4.88 Å². The minimum absolute atomic E-state index is 0.0480. The Morgan fingerprint density at radius 1 is 1.57 bits per heavy atom. The molecular weight excluding hydrogens is 218 g/mol. The predicted octanol–water partition coefficient (Wildman–Crippen LogP) is 1.40. The van der Waals surface area contributed by atoms with Crippen LogP contribution in [0.25, 0.3) is 0 Å². The van der Waals surface area contributed by atoms with Crippen LogP contribution in [0.3, 0.4) is 0 Å². The molecule has 0 bridgehead atoms. The van der Waals surface area contributed by atoms with E-state index in [9.17, 15) is 8.42 Å². The lowest BCUT2D eigenvalue weighted by atomic mass is 10.3. The molecule has 0 aliphatic heterocycles. The summed E-state index contributed by atoms with van der Waals surface area (Å²) in [5.41, 5.74) is 5.51. The topological polar surface area (TPSA) is 60.2 Å². The van der Waals surface area contributed by atoms with Crippen molar-refractivity contribution in [3.05, 3.63) is 22.4 Å². The third kappa shape index (κ3) is 4.21. The Balaban J connectivity index is 2.51. The molecule has 0 radical (unpaired) electrons. The van der Waals surface area contributed by atoms with E-state index in [1.54, 1.807) is 0 Å². The minimum atomic E-state index is -2.97. The highest BCUT2D eigenvalue weighted by atomic mass is 32.2. The van der Waals surface area contributed by atoms with Gasteiger partial charge in [-0.1, -0.05) is 6.07 Å². The van der Waals surface area contributed by atoms with E-state index in [1.165, 1.54) is 11.3 Å². The van der Waals surface area contributed by atoms with Gasteiger partial charge in [0.2, 0.25) is 0 Å². The average Bonchev–Trinajstić information content (AvgIpc) is 2.53. The lowest BCUT2D eigenvalue weighted by Gasteiger charge is -2.05. The van der Waals surface area contributed by atoms with Gasteiger partial charge in [0, 0.05) is 10.9 Å². The van der Waals surface area contributed by atoms with Gasteiger partial charge in [-0.15, -0.1) is 11.3 Å². The Morgan fingerprint density at radius 2 is 2.29 bits per heavy atom. The van der Waals surface area contributed by atoms with E-state index >= 15 is 0 Å². The molecule has 0 spiro atoms. The quantitative estimate of drug-likeness (QED) is 0.836. The molecule has 2 N–H and O–H groups in total. The summed E-state index contributed by atoms with van der Waals surface area (Å²) in [7, 11) is -2.97. The van der Waals surface area contributed by atoms with Crippen molar-refractivity contribution in [1.29, 1.82) is 0 Å². The van der Waals surface area contributed by atoms with E-state index in [0.29, 0.717) is 6.42 Å². The zero-order chi connectivity index (χ0) is 10.6. The second-order valence-electron chi connectivity index (χ2n) is 3.44. The molecule has 3 nitrogen and oxygen atoms in total. The number of hydrogen-bond acceptors (Lipinski definition) is 4. The molecule has 0 aromatic carbocycles. The molecule has 1 unspecified atom stereocenters. The van der Waals surface area contributed by atoms with E-state index < -0.39 is 9.84 Å². The summed E-state index contributed by atoms with van der Waals surface area (Å²) < 4.78 is 23.1. The monoisotopic (exact) mass is 233 g/mol. The van der Waals surface area contributed by atoms with Gasteiger partial charge in [0.05, 0.1) is 11.5 Å². The maximum absolute atomic E-state index is 11.6. The number of hydrogen-bond donors (Lipinski definition) is 1. The molecule has 1 aromatic rings. The van der Waals surface area contributed by atoms with Gasteiger partial charge in [-0.3, -0.25) is 0 Å². The van der Waals surface area contributed by atoms with Crippen molar-refractivity contribution >= 4 is 21.2 Å². The first kappa shape index (κ1) is 11.7. The van der Waals surface area contributed by atoms with Crippen LogP contribution >= 0.6 is 11.3 Å². The van der Waals surface area contributed by atoms with Gasteiger partial charge in [0.1, 0.15) is 0 Å². The Kier molecular flexibility index (Phi) is 4.10. The molecule has 1 heterocycles. The normalized spacial score (nSPS) is 14.1. The third-order valence-electron chi connectivity index (χ3n) is 1.83. The van der Waals surface area contributed by atoms with Crippen molar-refractivity contribution in [2.24, 2.45) is 5.73 Å². The summed E-state index contributed by atoms with van der Waals surface area (Å²) in [6, 6.07) is 3.66. The Morgan fingerprint density at radius 3 is 2.79 bits per heavy atom. The molecule has 1 rings (SSSR count). The smallest absolute Gasteiger partial charge is 0.155 e. The van der Waals surface area contributed by atoms with E-state index in [4.69, 9.17) is 5.73 Å². The fourth-order valence-electron chi connectivity index (χ4n) is 1.05. The van der Waals surface area contributed by atoms with Crippen LogP contribution < -0.4 is 5.73 Å². The van der Waals surface area contributed by atoms with Gasteiger partial charge in [0.25, 0.3) is 0 Å². The van der Waals surface area contributed by atoms with E-state index in [1.807, 2.05) is 24.4 Å². The van der Waals surface area contributed by atoms with Crippen molar-refractivity contribution in [1.82, 2.24) is 0 Å². The van der Waals surface area contributed by atoms with E-state index in [2.05, 4.69) is 0 Å². The first-order valence-electron chi connectivity index (χ1n) is 4.48. The van der Waals surface area contributed by atoms with Crippen LogP contribution in [-0.2, 0) is 15.6 Å². The SMILES string of the molecule is CC(N)CCS(=O)(=O)Cc1cccs1. The van der Waals surface area contributed by atoms with Crippen molar-refractivity contribution in [2.45, 2.75) is 25.1 Å². The van der Waals surface area contributed by atoms with Crippen LogP contribution in [0.1, 0.15) is 18.2 Å². The molecule has 5 heteroatoms. The zero-order valence-electron chi connectivity index (χ0n) is 8.14. The molecule has 1 atom stereocenters. The van der Waals surface area contributed by atoms with Crippen LogP contribution in [0, 0.1) is 0 Å². The highest BCUT2D eigenvalue weighted by molar-refractivity contribution is 7.90. The number of sulfone groups is 1. The second kappa shape index (κ2) is 4.91. The van der Waals surface area contributed by atoms with Gasteiger partial charge >= 0.3 is 0 Å². The van der Waals surface area contributed by atoms with Gasteiger partial charge in [0.15, 0.2) is 9.84 Å². The summed E-state index contributed by atoms with van der Waals surface area (Å²) in [6.07, 6.45) is 0.535. The molecule has 14 heavy (non-hydrogen) atoms. The molecule has 0 aliphatic rings. The van der Waals surface area contributed by atoms with Gasteiger partial charge in [-0.05, 0) is 24.8 Å². The zero-order valence-corrected chi connectivity index (χ0v) is 9.77. The summed E-state index contributed by atoms with van der Waals surface area (Å²) in [6.45, 7) is 1.82. The molecule has 1 aromatic heterocycles. The standard InChI is InChI=1S/C9H15NO2S2/c1-8(10)4-6-14(11,12)7-9-3-2-5-13-9/h2-3,5,8H,4,6-7,10H2,1H3. The fraction of sp³-hybridized carbons (Fsp3) is 0.556. The molecule has 80 valence electrons. The van der Waals surface area contributed by atoms with Gasteiger partial charge in [-0.2, -0.15) is 0 Å². The molecule has 0 saturated carbocycles. The van der Waals surface area contributed by atoms with Crippen LogP contribution in [0.5, 0.6) is 0 Å². The van der Waals surface area contributed by atoms with E-state index in [-0.39, 0.29) is 17.5 Å². The highest BCUT2D eigenvalue weighted by Crippen LogP contribution is 2.13. The molecule has 0 aliphatic carbocycles. The lowest BCUT2D eigenvalue weighted by Crippen LogP contribution is -2.20. The first-order chi connectivity index (χ1) is 6.49.